The fraction of sp³-hybridized carbons (Fsp3) is 0.571. The Morgan fingerprint density at radius 3 is 2.18 bits per heavy atom. The van der Waals surface area contributed by atoms with E-state index < -0.39 is 7.37 Å². The zero-order valence-electron chi connectivity index (χ0n) is 11.2. The van der Waals surface area contributed by atoms with Crippen LogP contribution in [-0.2, 0) is 4.57 Å². The van der Waals surface area contributed by atoms with E-state index in [2.05, 4.69) is 20.8 Å². The molecule has 0 radical (unpaired) electrons. The van der Waals surface area contributed by atoms with Crippen molar-refractivity contribution >= 4 is 12.7 Å². The maximum absolute atomic E-state index is 12.6. The van der Waals surface area contributed by atoms with E-state index in [1.54, 1.807) is 12.1 Å². The van der Waals surface area contributed by atoms with Gasteiger partial charge in [-0.3, -0.25) is 4.57 Å². The van der Waals surface area contributed by atoms with Gasteiger partial charge in [-0.15, -0.1) is 0 Å². The quantitative estimate of drug-likeness (QED) is 0.830. The summed E-state index contributed by atoms with van der Waals surface area (Å²) < 4.78 is 12.6. The third kappa shape index (κ3) is 3.97. The molecule has 0 saturated carbocycles. The van der Waals surface area contributed by atoms with Gasteiger partial charge in [0.25, 0.3) is 0 Å². The van der Waals surface area contributed by atoms with Crippen molar-refractivity contribution < 1.29 is 9.46 Å². The van der Waals surface area contributed by atoms with E-state index in [1.165, 1.54) is 0 Å². The highest BCUT2D eigenvalue weighted by Gasteiger charge is 2.34. The molecule has 0 saturated heterocycles. The Hall–Kier alpha value is -0.590. The van der Waals surface area contributed by atoms with E-state index in [4.69, 9.17) is 0 Å². The molecule has 0 aliphatic carbocycles. The lowest BCUT2D eigenvalue weighted by atomic mass is 9.90. The van der Waals surface area contributed by atoms with Crippen molar-refractivity contribution in [1.29, 1.82) is 0 Å². The molecule has 0 heterocycles. The zero-order chi connectivity index (χ0) is 13.1. The van der Waals surface area contributed by atoms with Gasteiger partial charge in [-0.05, 0) is 30.4 Å². The van der Waals surface area contributed by atoms with Gasteiger partial charge in [-0.1, -0.05) is 45.9 Å². The summed E-state index contributed by atoms with van der Waals surface area (Å²) in [4.78, 5) is 10.4. The highest BCUT2D eigenvalue weighted by molar-refractivity contribution is 7.66. The lowest BCUT2D eigenvalue weighted by Crippen LogP contribution is -2.22. The van der Waals surface area contributed by atoms with Crippen molar-refractivity contribution in [2.75, 3.05) is 0 Å². The molecule has 0 fully saturated rings. The molecule has 1 aromatic rings. The van der Waals surface area contributed by atoms with Gasteiger partial charge in [0.1, 0.15) is 0 Å². The standard InChI is InChI=1S/C14H23O2P/c1-5-12(11-14(2,3)4)17(15,16)13-9-7-6-8-10-13/h6-10,12H,5,11H2,1-4H3,(H,15,16). The number of hydrogen-bond donors (Lipinski definition) is 1. The molecule has 1 aromatic carbocycles. The van der Waals surface area contributed by atoms with Gasteiger partial charge in [-0.2, -0.15) is 0 Å². The minimum atomic E-state index is -3.25. The third-order valence-corrected chi connectivity index (χ3v) is 5.52. The Labute approximate surface area is 105 Å². The predicted octanol–water partition coefficient (Wildman–Crippen LogP) is 3.80. The van der Waals surface area contributed by atoms with Crippen molar-refractivity contribution in [3.05, 3.63) is 30.3 Å². The molecule has 96 valence electrons. The van der Waals surface area contributed by atoms with Gasteiger partial charge < -0.3 is 4.89 Å². The summed E-state index contributed by atoms with van der Waals surface area (Å²) in [6.07, 6.45) is 1.51. The van der Waals surface area contributed by atoms with Gasteiger partial charge in [0.2, 0.25) is 7.37 Å². The van der Waals surface area contributed by atoms with E-state index in [0.29, 0.717) is 5.30 Å². The first-order valence-electron chi connectivity index (χ1n) is 6.15. The van der Waals surface area contributed by atoms with Gasteiger partial charge in [-0.25, -0.2) is 0 Å². The summed E-state index contributed by atoms with van der Waals surface area (Å²) in [5, 5.41) is 0.580. The van der Waals surface area contributed by atoms with E-state index in [-0.39, 0.29) is 11.1 Å². The Balaban J connectivity index is 2.99. The van der Waals surface area contributed by atoms with Crippen molar-refractivity contribution in [2.24, 2.45) is 5.41 Å². The van der Waals surface area contributed by atoms with Crippen molar-refractivity contribution in [3.8, 4) is 0 Å². The van der Waals surface area contributed by atoms with Crippen molar-refractivity contribution in [3.63, 3.8) is 0 Å². The van der Waals surface area contributed by atoms with Crippen LogP contribution in [0.5, 0.6) is 0 Å². The van der Waals surface area contributed by atoms with Crippen molar-refractivity contribution in [1.82, 2.24) is 0 Å². The van der Waals surface area contributed by atoms with Crippen molar-refractivity contribution in [2.45, 2.75) is 46.2 Å². The molecule has 0 aromatic heterocycles. The molecule has 3 heteroatoms. The molecule has 2 nitrogen and oxygen atoms in total. The normalized spacial score (nSPS) is 17.5. The Kier molecular flexibility index (Phi) is 4.57. The molecule has 2 unspecified atom stereocenters. The van der Waals surface area contributed by atoms with Gasteiger partial charge in [0.05, 0.1) is 0 Å². The molecule has 0 aliphatic rings. The second kappa shape index (κ2) is 5.37. The van der Waals surface area contributed by atoms with Gasteiger partial charge in [0, 0.05) is 11.0 Å². The molecule has 2 atom stereocenters. The first-order valence-corrected chi connectivity index (χ1v) is 7.88. The van der Waals surface area contributed by atoms with Gasteiger partial charge in [0.15, 0.2) is 0 Å². The monoisotopic (exact) mass is 254 g/mol. The summed E-state index contributed by atoms with van der Waals surface area (Å²) in [6, 6.07) is 9.02. The highest BCUT2D eigenvalue weighted by atomic mass is 31.2. The second-order valence-corrected chi connectivity index (χ2v) is 8.28. The molecule has 17 heavy (non-hydrogen) atoms. The van der Waals surface area contributed by atoms with E-state index in [0.717, 1.165) is 12.8 Å². The molecule has 1 N–H and O–H groups in total. The number of rotatable bonds is 4. The molecular formula is C14H23O2P. The summed E-state index contributed by atoms with van der Waals surface area (Å²) in [6.45, 7) is 8.32. The third-order valence-electron chi connectivity index (χ3n) is 2.94. The lowest BCUT2D eigenvalue weighted by molar-refractivity contribution is 0.350. The summed E-state index contributed by atoms with van der Waals surface area (Å²) >= 11 is 0. The SMILES string of the molecule is CCC(CC(C)(C)C)P(=O)(O)c1ccccc1. The van der Waals surface area contributed by atoms with Crippen LogP contribution in [-0.4, -0.2) is 10.6 Å². The van der Waals surface area contributed by atoms with Gasteiger partial charge >= 0.3 is 0 Å². The lowest BCUT2D eigenvalue weighted by Gasteiger charge is -2.28. The summed E-state index contributed by atoms with van der Waals surface area (Å²) in [7, 11) is -3.25. The second-order valence-electron chi connectivity index (χ2n) is 5.79. The Morgan fingerprint density at radius 2 is 1.76 bits per heavy atom. The first-order chi connectivity index (χ1) is 7.77. The number of hydrogen-bond acceptors (Lipinski definition) is 1. The summed E-state index contributed by atoms with van der Waals surface area (Å²) in [5.41, 5.74) is -0.0710. The smallest absolute Gasteiger partial charge is 0.232 e. The highest BCUT2D eigenvalue weighted by Crippen LogP contribution is 2.50. The minimum Gasteiger partial charge on any atom is -0.341 e. The Bertz CT molecular complexity index is 392. The van der Waals surface area contributed by atoms with E-state index >= 15 is 0 Å². The topological polar surface area (TPSA) is 37.3 Å². The molecule has 0 amide bonds. The van der Waals surface area contributed by atoms with Crippen LogP contribution in [0.25, 0.3) is 0 Å². The first kappa shape index (κ1) is 14.5. The Morgan fingerprint density at radius 1 is 1.24 bits per heavy atom. The zero-order valence-corrected chi connectivity index (χ0v) is 12.1. The molecule has 0 spiro atoms. The molecule has 0 bridgehead atoms. The predicted molar refractivity (Wildman–Crippen MR) is 74.1 cm³/mol. The largest absolute Gasteiger partial charge is 0.341 e. The molecule has 0 aliphatic heterocycles. The van der Waals surface area contributed by atoms with Crippen LogP contribution in [0.2, 0.25) is 0 Å². The fourth-order valence-electron chi connectivity index (χ4n) is 2.07. The summed E-state index contributed by atoms with van der Waals surface area (Å²) in [5.74, 6) is 0. The van der Waals surface area contributed by atoms with Crippen LogP contribution < -0.4 is 5.30 Å². The fourth-order valence-corrected chi connectivity index (χ4v) is 4.39. The maximum Gasteiger partial charge on any atom is 0.232 e. The van der Waals surface area contributed by atoms with Crippen LogP contribution >= 0.6 is 7.37 Å². The molecular weight excluding hydrogens is 231 g/mol. The van der Waals surface area contributed by atoms with Crippen LogP contribution in [0.1, 0.15) is 40.5 Å². The van der Waals surface area contributed by atoms with Crippen LogP contribution in [0, 0.1) is 5.41 Å². The minimum absolute atomic E-state index is 0.0772. The van der Waals surface area contributed by atoms with Crippen LogP contribution in [0.3, 0.4) is 0 Å². The van der Waals surface area contributed by atoms with Crippen LogP contribution in [0.15, 0.2) is 30.3 Å². The molecule has 1 rings (SSSR count). The average molecular weight is 254 g/mol. The number of benzene rings is 1. The van der Waals surface area contributed by atoms with E-state index in [1.807, 2.05) is 25.1 Å². The average Bonchev–Trinajstić information content (AvgIpc) is 2.25. The van der Waals surface area contributed by atoms with E-state index in [9.17, 15) is 9.46 Å². The maximum atomic E-state index is 12.6. The van der Waals surface area contributed by atoms with Crippen LogP contribution in [0.4, 0.5) is 0 Å².